The van der Waals surface area contributed by atoms with E-state index < -0.39 is 0 Å². The number of carbonyl (C=O) groups is 1. The lowest BCUT2D eigenvalue weighted by molar-refractivity contribution is 0.0655. The second-order valence-electron chi connectivity index (χ2n) is 5.87. The van der Waals surface area contributed by atoms with Gasteiger partial charge in [0.25, 0.3) is 5.91 Å². The first kappa shape index (κ1) is 19.7. The molecule has 0 unspecified atom stereocenters. The predicted molar refractivity (Wildman–Crippen MR) is 95.8 cm³/mol. The number of nitrogens with zero attached hydrogens (tertiary/aromatic N) is 4. The topological polar surface area (TPSA) is 63.1 Å². The van der Waals surface area contributed by atoms with E-state index in [9.17, 15) is 4.79 Å². The summed E-state index contributed by atoms with van der Waals surface area (Å²) in [5, 5.41) is 8.55. The van der Waals surface area contributed by atoms with E-state index in [0.717, 1.165) is 30.7 Å². The maximum Gasteiger partial charge on any atom is 0.255 e. The zero-order chi connectivity index (χ0) is 15.0. The third-order valence-electron chi connectivity index (χ3n) is 3.93. The van der Waals surface area contributed by atoms with Crippen LogP contribution in [0.15, 0.2) is 18.5 Å². The summed E-state index contributed by atoms with van der Waals surface area (Å²) in [4.78, 5) is 19.0. The standard InChI is InChI=1S/C15H21N5O.2ClH/c1-10(2)20-14-12(9-18-20)6-13(8-17-14)15(21)19-5-4-16-7-11(19)3;;/h6,8-11,16H,4-5,7H2,1-3H3;2*1H/t11-;;/m0../s1. The molecule has 0 saturated carbocycles. The van der Waals surface area contributed by atoms with Crippen molar-refractivity contribution >= 4 is 41.8 Å². The van der Waals surface area contributed by atoms with Crippen molar-refractivity contribution < 1.29 is 4.79 Å². The molecule has 0 spiro atoms. The van der Waals surface area contributed by atoms with Crippen LogP contribution in [0.5, 0.6) is 0 Å². The van der Waals surface area contributed by atoms with E-state index >= 15 is 0 Å². The highest BCUT2D eigenvalue weighted by atomic mass is 35.5. The van der Waals surface area contributed by atoms with E-state index in [2.05, 4.69) is 36.2 Å². The van der Waals surface area contributed by atoms with Gasteiger partial charge in [0.15, 0.2) is 5.65 Å². The van der Waals surface area contributed by atoms with Crippen LogP contribution in [0.4, 0.5) is 0 Å². The molecule has 1 N–H and O–H groups in total. The maximum atomic E-state index is 12.6. The minimum absolute atomic E-state index is 0. The molecule has 1 fully saturated rings. The van der Waals surface area contributed by atoms with Crippen LogP contribution in [-0.2, 0) is 0 Å². The molecule has 128 valence electrons. The fourth-order valence-corrected chi connectivity index (χ4v) is 2.74. The van der Waals surface area contributed by atoms with E-state index in [1.807, 2.05) is 15.6 Å². The summed E-state index contributed by atoms with van der Waals surface area (Å²) in [6.07, 6.45) is 3.44. The molecule has 6 nitrogen and oxygen atoms in total. The summed E-state index contributed by atoms with van der Waals surface area (Å²) in [5.74, 6) is 0.0516. The van der Waals surface area contributed by atoms with Crippen molar-refractivity contribution in [3.63, 3.8) is 0 Å². The molecule has 2 aromatic heterocycles. The number of pyridine rings is 1. The molecule has 1 aliphatic rings. The molecule has 0 radical (unpaired) electrons. The van der Waals surface area contributed by atoms with E-state index in [1.54, 1.807) is 12.4 Å². The maximum absolute atomic E-state index is 12.6. The number of hydrogen-bond donors (Lipinski definition) is 1. The van der Waals surface area contributed by atoms with Gasteiger partial charge in [0.1, 0.15) is 0 Å². The predicted octanol–water partition coefficient (Wildman–Crippen LogP) is 2.29. The third kappa shape index (κ3) is 3.76. The zero-order valence-electron chi connectivity index (χ0n) is 13.5. The number of halogens is 2. The average molecular weight is 360 g/mol. The van der Waals surface area contributed by atoms with E-state index in [1.165, 1.54) is 0 Å². The Morgan fingerprint density at radius 3 is 2.74 bits per heavy atom. The highest BCUT2D eigenvalue weighted by Gasteiger charge is 2.24. The number of piperazine rings is 1. The lowest BCUT2D eigenvalue weighted by Gasteiger charge is -2.33. The summed E-state index contributed by atoms with van der Waals surface area (Å²) >= 11 is 0. The Hall–Kier alpha value is -1.37. The van der Waals surface area contributed by atoms with Gasteiger partial charge in [0.2, 0.25) is 0 Å². The molecular formula is C15H23Cl2N5O. The molecule has 1 amide bonds. The Labute approximate surface area is 148 Å². The first-order valence-electron chi connectivity index (χ1n) is 7.43. The lowest BCUT2D eigenvalue weighted by Crippen LogP contribution is -2.52. The van der Waals surface area contributed by atoms with E-state index in [4.69, 9.17) is 0 Å². The second kappa shape index (κ2) is 7.95. The van der Waals surface area contributed by atoms with E-state index in [0.29, 0.717) is 5.56 Å². The SMILES string of the molecule is CC(C)n1ncc2cc(C(=O)N3CCNC[C@@H]3C)cnc21.Cl.Cl. The molecule has 0 aromatic carbocycles. The summed E-state index contributed by atoms with van der Waals surface area (Å²) in [7, 11) is 0. The molecule has 1 saturated heterocycles. The third-order valence-corrected chi connectivity index (χ3v) is 3.93. The fourth-order valence-electron chi connectivity index (χ4n) is 2.74. The van der Waals surface area contributed by atoms with Crippen molar-refractivity contribution in [1.82, 2.24) is 25.0 Å². The van der Waals surface area contributed by atoms with Gasteiger partial charge in [-0.05, 0) is 26.8 Å². The van der Waals surface area contributed by atoms with Gasteiger partial charge in [0.05, 0.1) is 11.8 Å². The van der Waals surface area contributed by atoms with Crippen LogP contribution in [-0.4, -0.2) is 51.2 Å². The molecule has 23 heavy (non-hydrogen) atoms. The second-order valence-corrected chi connectivity index (χ2v) is 5.87. The van der Waals surface area contributed by atoms with Crippen LogP contribution in [0.1, 0.15) is 37.2 Å². The van der Waals surface area contributed by atoms with Crippen LogP contribution >= 0.6 is 24.8 Å². The summed E-state index contributed by atoms with van der Waals surface area (Å²) in [6.45, 7) is 8.62. The molecule has 1 aliphatic heterocycles. The fraction of sp³-hybridized carbons (Fsp3) is 0.533. The molecule has 0 aliphatic carbocycles. The minimum atomic E-state index is 0. The van der Waals surface area contributed by atoms with Crippen molar-refractivity contribution in [2.45, 2.75) is 32.9 Å². The lowest BCUT2D eigenvalue weighted by atomic mass is 10.1. The highest BCUT2D eigenvalue weighted by molar-refractivity contribution is 5.97. The normalized spacial score (nSPS) is 17.7. The van der Waals surface area contributed by atoms with Crippen molar-refractivity contribution in [3.05, 3.63) is 24.0 Å². The highest BCUT2D eigenvalue weighted by Crippen LogP contribution is 2.18. The van der Waals surface area contributed by atoms with Crippen molar-refractivity contribution in [2.24, 2.45) is 0 Å². The van der Waals surface area contributed by atoms with Crippen LogP contribution in [0.2, 0.25) is 0 Å². The Morgan fingerprint density at radius 1 is 1.35 bits per heavy atom. The van der Waals surface area contributed by atoms with Crippen molar-refractivity contribution in [2.75, 3.05) is 19.6 Å². The number of nitrogens with one attached hydrogen (secondary N) is 1. The molecule has 8 heteroatoms. The van der Waals surface area contributed by atoms with Crippen molar-refractivity contribution in [3.8, 4) is 0 Å². The Kier molecular flexibility index (Phi) is 6.80. The monoisotopic (exact) mass is 359 g/mol. The van der Waals surface area contributed by atoms with Crippen LogP contribution in [0.25, 0.3) is 11.0 Å². The van der Waals surface area contributed by atoms with E-state index in [-0.39, 0.29) is 42.8 Å². The minimum Gasteiger partial charge on any atom is -0.333 e. The number of fused-ring (bicyclic) bond motifs is 1. The molecule has 3 heterocycles. The summed E-state index contributed by atoms with van der Waals surface area (Å²) < 4.78 is 1.87. The van der Waals surface area contributed by atoms with Gasteiger partial charge >= 0.3 is 0 Å². The number of rotatable bonds is 2. The first-order valence-corrected chi connectivity index (χ1v) is 7.43. The van der Waals surface area contributed by atoms with Gasteiger partial charge in [-0.1, -0.05) is 0 Å². The van der Waals surface area contributed by atoms with Gasteiger partial charge in [-0.3, -0.25) is 4.79 Å². The molecule has 1 atom stereocenters. The quantitative estimate of drug-likeness (QED) is 0.893. The van der Waals surface area contributed by atoms with Crippen LogP contribution in [0, 0.1) is 0 Å². The number of aromatic nitrogens is 3. The largest absolute Gasteiger partial charge is 0.333 e. The molecule has 3 rings (SSSR count). The van der Waals surface area contributed by atoms with Gasteiger partial charge < -0.3 is 10.2 Å². The van der Waals surface area contributed by atoms with Crippen LogP contribution < -0.4 is 5.32 Å². The molecule has 0 bridgehead atoms. The molecule has 2 aromatic rings. The van der Waals surface area contributed by atoms with Gasteiger partial charge in [-0.2, -0.15) is 5.10 Å². The number of hydrogen-bond acceptors (Lipinski definition) is 4. The van der Waals surface area contributed by atoms with Crippen LogP contribution in [0.3, 0.4) is 0 Å². The number of carbonyl (C=O) groups excluding carboxylic acids is 1. The zero-order valence-corrected chi connectivity index (χ0v) is 15.2. The molecular weight excluding hydrogens is 337 g/mol. The summed E-state index contributed by atoms with van der Waals surface area (Å²) in [5.41, 5.74) is 1.47. The van der Waals surface area contributed by atoms with Gasteiger partial charge in [-0.15, -0.1) is 24.8 Å². The van der Waals surface area contributed by atoms with Gasteiger partial charge in [-0.25, -0.2) is 9.67 Å². The Bertz CT molecular complexity index is 673. The smallest absolute Gasteiger partial charge is 0.255 e. The Balaban J connectivity index is 0.00000132. The average Bonchev–Trinajstić information content (AvgIpc) is 2.90. The van der Waals surface area contributed by atoms with Gasteiger partial charge in [0, 0.05) is 43.3 Å². The summed E-state index contributed by atoms with van der Waals surface area (Å²) in [6, 6.07) is 2.36. The van der Waals surface area contributed by atoms with Crippen molar-refractivity contribution in [1.29, 1.82) is 0 Å². The first-order chi connectivity index (χ1) is 10.1. The number of amides is 1. The Morgan fingerprint density at radius 2 is 2.09 bits per heavy atom.